The summed E-state index contributed by atoms with van der Waals surface area (Å²) in [5.41, 5.74) is 6.03. The molecule has 0 saturated heterocycles. The Labute approximate surface area is 83.7 Å². The zero-order valence-electron chi connectivity index (χ0n) is 8.19. The van der Waals surface area contributed by atoms with E-state index >= 15 is 0 Å². The number of ether oxygens (including phenoxy) is 1. The van der Waals surface area contributed by atoms with Gasteiger partial charge in [-0.2, -0.15) is 0 Å². The third kappa shape index (κ3) is 3.46. The summed E-state index contributed by atoms with van der Waals surface area (Å²) in [4.78, 5) is 1.27. The molecular weight excluding hydrogens is 182 g/mol. The van der Waals surface area contributed by atoms with Gasteiger partial charge in [-0.1, -0.05) is 13.0 Å². The number of rotatable bonds is 5. The Morgan fingerprint density at radius 3 is 2.92 bits per heavy atom. The first kappa shape index (κ1) is 10.7. The maximum atomic E-state index is 6.03. The molecule has 13 heavy (non-hydrogen) atoms. The van der Waals surface area contributed by atoms with Crippen LogP contribution in [0.1, 0.15) is 24.3 Å². The zero-order chi connectivity index (χ0) is 9.68. The Morgan fingerprint density at radius 2 is 2.38 bits per heavy atom. The maximum Gasteiger partial charge on any atom is 0.0488 e. The van der Waals surface area contributed by atoms with E-state index in [1.807, 2.05) is 6.07 Å². The molecule has 2 N–H and O–H groups in total. The van der Waals surface area contributed by atoms with Crippen molar-refractivity contribution in [2.75, 3.05) is 13.7 Å². The molecule has 0 radical (unpaired) electrons. The van der Waals surface area contributed by atoms with E-state index in [0.717, 1.165) is 13.0 Å². The average molecular weight is 199 g/mol. The second-order valence-corrected chi connectivity index (χ2v) is 4.40. The third-order valence-corrected chi connectivity index (χ3v) is 3.02. The molecule has 0 spiro atoms. The number of methoxy groups -OCH3 is 1. The first-order valence-electron chi connectivity index (χ1n) is 4.52. The Morgan fingerprint density at radius 1 is 1.62 bits per heavy atom. The molecule has 0 aliphatic heterocycles. The molecule has 74 valence electrons. The van der Waals surface area contributed by atoms with Crippen LogP contribution in [0.15, 0.2) is 17.5 Å². The number of nitrogens with two attached hydrogens (primary N) is 1. The van der Waals surface area contributed by atoms with Crippen LogP contribution < -0.4 is 5.73 Å². The quantitative estimate of drug-likeness (QED) is 0.790. The minimum Gasteiger partial charge on any atom is -0.384 e. The van der Waals surface area contributed by atoms with Crippen LogP contribution in [-0.4, -0.2) is 13.7 Å². The van der Waals surface area contributed by atoms with Gasteiger partial charge in [-0.05, 0) is 23.8 Å². The molecule has 0 aromatic carbocycles. The van der Waals surface area contributed by atoms with E-state index in [2.05, 4.69) is 18.4 Å². The highest BCUT2D eigenvalue weighted by molar-refractivity contribution is 7.10. The molecule has 1 aromatic heterocycles. The predicted octanol–water partition coefficient (Wildman–Crippen LogP) is 2.42. The first-order chi connectivity index (χ1) is 6.24. The van der Waals surface area contributed by atoms with Gasteiger partial charge < -0.3 is 10.5 Å². The lowest BCUT2D eigenvalue weighted by Crippen LogP contribution is -2.15. The van der Waals surface area contributed by atoms with Gasteiger partial charge in [-0.3, -0.25) is 0 Å². The van der Waals surface area contributed by atoms with Crippen LogP contribution in [0.4, 0.5) is 0 Å². The number of hydrogen-bond acceptors (Lipinski definition) is 3. The van der Waals surface area contributed by atoms with E-state index in [-0.39, 0.29) is 6.04 Å². The topological polar surface area (TPSA) is 35.2 Å². The zero-order valence-corrected chi connectivity index (χ0v) is 9.01. The van der Waals surface area contributed by atoms with Crippen molar-refractivity contribution in [3.8, 4) is 0 Å². The van der Waals surface area contributed by atoms with Crippen LogP contribution in [0.5, 0.6) is 0 Å². The van der Waals surface area contributed by atoms with E-state index in [9.17, 15) is 0 Å². The van der Waals surface area contributed by atoms with Crippen molar-refractivity contribution < 1.29 is 4.74 Å². The van der Waals surface area contributed by atoms with Crippen LogP contribution >= 0.6 is 11.3 Å². The van der Waals surface area contributed by atoms with E-state index in [0.29, 0.717) is 5.92 Å². The number of hydrogen-bond donors (Lipinski definition) is 1. The van der Waals surface area contributed by atoms with Crippen molar-refractivity contribution in [2.24, 2.45) is 11.7 Å². The highest BCUT2D eigenvalue weighted by atomic mass is 32.1. The van der Waals surface area contributed by atoms with Crippen LogP contribution in [0, 0.1) is 5.92 Å². The summed E-state index contributed by atoms with van der Waals surface area (Å²) in [6, 6.07) is 4.31. The molecule has 0 amide bonds. The van der Waals surface area contributed by atoms with Crippen LogP contribution in [-0.2, 0) is 4.74 Å². The lowest BCUT2D eigenvalue weighted by molar-refractivity contribution is 0.152. The Hall–Kier alpha value is -0.380. The molecule has 2 unspecified atom stereocenters. The fourth-order valence-electron chi connectivity index (χ4n) is 1.40. The van der Waals surface area contributed by atoms with Gasteiger partial charge in [0.2, 0.25) is 0 Å². The highest BCUT2D eigenvalue weighted by Crippen LogP contribution is 2.22. The van der Waals surface area contributed by atoms with Crippen molar-refractivity contribution >= 4 is 11.3 Å². The third-order valence-electron chi connectivity index (χ3n) is 2.02. The van der Waals surface area contributed by atoms with Gasteiger partial charge in [-0.25, -0.2) is 0 Å². The molecule has 1 heterocycles. The Balaban J connectivity index is 2.37. The van der Waals surface area contributed by atoms with Crippen molar-refractivity contribution in [3.05, 3.63) is 22.4 Å². The molecule has 0 fully saturated rings. The first-order valence-corrected chi connectivity index (χ1v) is 5.40. The van der Waals surface area contributed by atoms with E-state index in [4.69, 9.17) is 10.5 Å². The average Bonchev–Trinajstić information content (AvgIpc) is 2.55. The second-order valence-electron chi connectivity index (χ2n) is 3.42. The monoisotopic (exact) mass is 199 g/mol. The summed E-state index contributed by atoms with van der Waals surface area (Å²) in [5.74, 6) is 0.530. The second kappa shape index (κ2) is 5.37. The van der Waals surface area contributed by atoms with Crippen molar-refractivity contribution in [3.63, 3.8) is 0 Å². The van der Waals surface area contributed by atoms with Crippen LogP contribution in [0.3, 0.4) is 0 Å². The molecule has 1 aromatic rings. The molecule has 1 rings (SSSR count). The lowest BCUT2D eigenvalue weighted by Gasteiger charge is -2.15. The van der Waals surface area contributed by atoms with Crippen LogP contribution in [0.25, 0.3) is 0 Å². The summed E-state index contributed by atoms with van der Waals surface area (Å²) in [6.07, 6.45) is 0.994. The fourth-order valence-corrected chi connectivity index (χ4v) is 2.15. The SMILES string of the molecule is COCC(C)CC(N)c1cccs1. The van der Waals surface area contributed by atoms with Crippen molar-refractivity contribution in [1.29, 1.82) is 0 Å². The van der Waals surface area contributed by atoms with E-state index < -0.39 is 0 Å². The van der Waals surface area contributed by atoms with Gasteiger partial charge in [-0.15, -0.1) is 11.3 Å². The molecule has 0 aliphatic rings. The number of thiophene rings is 1. The predicted molar refractivity (Wildman–Crippen MR) is 56.9 cm³/mol. The van der Waals surface area contributed by atoms with Gasteiger partial charge in [0.15, 0.2) is 0 Å². The van der Waals surface area contributed by atoms with Crippen molar-refractivity contribution in [2.45, 2.75) is 19.4 Å². The van der Waals surface area contributed by atoms with Gasteiger partial charge in [0, 0.05) is 24.6 Å². The molecule has 3 heteroatoms. The molecule has 2 atom stereocenters. The Kier molecular flexibility index (Phi) is 4.42. The summed E-state index contributed by atoms with van der Waals surface area (Å²) in [7, 11) is 1.73. The van der Waals surface area contributed by atoms with Gasteiger partial charge >= 0.3 is 0 Å². The lowest BCUT2D eigenvalue weighted by atomic mass is 10.0. The van der Waals surface area contributed by atoms with Crippen LogP contribution in [0.2, 0.25) is 0 Å². The molecular formula is C10H17NOS. The van der Waals surface area contributed by atoms with E-state index in [1.54, 1.807) is 18.4 Å². The molecule has 0 saturated carbocycles. The summed E-state index contributed by atoms with van der Waals surface area (Å²) < 4.78 is 5.07. The van der Waals surface area contributed by atoms with Crippen molar-refractivity contribution in [1.82, 2.24) is 0 Å². The molecule has 0 aliphatic carbocycles. The van der Waals surface area contributed by atoms with Gasteiger partial charge in [0.05, 0.1) is 0 Å². The summed E-state index contributed by atoms with van der Waals surface area (Å²) in [5, 5.41) is 2.07. The molecule has 0 bridgehead atoms. The minimum atomic E-state index is 0.171. The van der Waals surface area contributed by atoms with Gasteiger partial charge in [0.25, 0.3) is 0 Å². The summed E-state index contributed by atoms with van der Waals surface area (Å²) in [6.45, 7) is 2.95. The normalized spacial score (nSPS) is 15.6. The smallest absolute Gasteiger partial charge is 0.0488 e. The highest BCUT2D eigenvalue weighted by Gasteiger charge is 2.11. The standard InChI is InChI=1S/C10H17NOS/c1-8(7-12-2)6-9(11)10-4-3-5-13-10/h3-5,8-9H,6-7,11H2,1-2H3. The van der Waals surface area contributed by atoms with Gasteiger partial charge in [0.1, 0.15) is 0 Å². The maximum absolute atomic E-state index is 6.03. The fraction of sp³-hybridized carbons (Fsp3) is 0.600. The summed E-state index contributed by atoms with van der Waals surface area (Å²) >= 11 is 1.73. The Bertz CT molecular complexity index is 223. The largest absolute Gasteiger partial charge is 0.384 e. The minimum absolute atomic E-state index is 0.171. The van der Waals surface area contributed by atoms with E-state index in [1.165, 1.54) is 4.88 Å². The molecule has 2 nitrogen and oxygen atoms in total.